The number of fused-ring (bicyclic) bond motifs is 1. The van der Waals surface area contributed by atoms with Gasteiger partial charge < -0.3 is 5.73 Å². The van der Waals surface area contributed by atoms with Crippen molar-refractivity contribution in [1.82, 2.24) is 4.98 Å². The normalized spacial score (nSPS) is 9.47. The predicted molar refractivity (Wildman–Crippen MR) is 76.7 cm³/mol. The molecule has 0 aliphatic rings. The summed E-state index contributed by atoms with van der Waals surface area (Å²) < 4.78 is 0. The van der Waals surface area contributed by atoms with E-state index in [0.717, 1.165) is 5.52 Å². The maximum atomic E-state index is 10.4. The molecule has 0 atom stereocenters. The number of aromatic nitrogens is 1. The molecule has 0 unspecified atom stereocenters. The lowest BCUT2D eigenvalue weighted by atomic mass is 10.2. The molecule has 2 aromatic carbocycles. The summed E-state index contributed by atoms with van der Waals surface area (Å²) in [4.78, 5) is 14.6. The molecule has 0 spiro atoms. The van der Waals surface area contributed by atoms with Crippen molar-refractivity contribution in [2.45, 2.75) is 0 Å². The lowest BCUT2D eigenvalue weighted by Crippen LogP contribution is -2.09. The van der Waals surface area contributed by atoms with Gasteiger partial charge in [-0.05, 0) is 24.3 Å². The number of carbonyl (C=O) groups excluding carboxylic acids is 1. The van der Waals surface area contributed by atoms with Crippen LogP contribution in [0, 0.1) is 0 Å². The average molecular weight is 250 g/mol. The van der Waals surface area contributed by atoms with Crippen LogP contribution in [-0.2, 0) is 0 Å². The summed E-state index contributed by atoms with van der Waals surface area (Å²) in [7, 11) is 0. The Morgan fingerprint density at radius 3 is 2.11 bits per heavy atom. The molecule has 0 fully saturated rings. The molecule has 1 amide bonds. The minimum Gasteiger partial charge on any atom is -0.366 e. The van der Waals surface area contributed by atoms with Crippen LogP contribution in [0.25, 0.3) is 10.9 Å². The maximum Gasteiger partial charge on any atom is 0.248 e. The first-order chi connectivity index (χ1) is 9.27. The van der Waals surface area contributed by atoms with Gasteiger partial charge in [-0.25, -0.2) is 0 Å². The van der Waals surface area contributed by atoms with Gasteiger partial charge in [0.05, 0.1) is 5.52 Å². The summed E-state index contributed by atoms with van der Waals surface area (Å²) >= 11 is 0. The van der Waals surface area contributed by atoms with Crippen LogP contribution in [0.3, 0.4) is 0 Å². The molecule has 2 N–H and O–H groups in total. The lowest BCUT2D eigenvalue weighted by molar-refractivity contribution is 0.100. The molecular weight excluding hydrogens is 236 g/mol. The van der Waals surface area contributed by atoms with Crippen LogP contribution in [0.2, 0.25) is 0 Å². The van der Waals surface area contributed by atoms with E-state index in [4.69, 9.17) is 5.73 Å². The van der Waals surface area contributed by atoms with Crippen LogP contribution >= 0.6 is 0 Å². The van der Waals surface area contributed by atoms with E-state index in [1.165, 1.54) is 5.39 Å². The van der Waals surface area contributed by atoms with Gasteiger partial charge in [-0.15, -0.1) is 0 Å². The van der Waals surface area contributed by atoms with E-state index in [1.807, 2.05) is 36.5 Å². The highest BCUT2D eigenvalue weighted by Gasteiger charge is 1.93. The van der Waals surface area contributed by atoms with Gasteiger partial charge in [0.2, 0.25) is 5.91 Å². The summed E-state index contributed by atoms with van der Waals surface area (Å²) in [6.45, 7) is 0. The number of carbonyl (C=O) groups is 1. The highest BCUT2D eigenvalue weighted by molar-refractivity contribution is 5.92. The number of benzene rings is 2. The van der Waals surface area contributed by atoms with E-state index in [2.05, 4.69) is 17.1 Å². The van der Waals surface area contributed by atoms with Crippen molar-refractivity contribution in [1.29, 1.82) is 0 Å². The fraction of sp³-hybridized carbons (Fsp3) is 0. The van der Waals surface area contributed by atoms with Gasteiger partial charge in [0.15, 0.2) is 0 Å². The van der Waals surface area contributed by atoms with E-state index in [-0.39, 0.29) is 5.91 Å². The zero-order valence-corrected chi connectivity index (χ0v) is 10.4. The Kier molecular flexibility index (Phi) is 4.24. The third-order valence-corrected chi connectivity index (χ3v) is 2.57. The van der Waals surface area contributed by atoms with Crippen LogP contribution in [-0.4, -0.2) is 10.9 Å². The molecule has 0 saturated carbocycles. The maximum absolute atomic E-state index is 10.4. The zero-order valence-electron chi connectivity index (χ0n) is 10.4. The number of primary amides is 1. The molecule has 3 aromatic rings. The van der Waals surface area contributed by atoms with E-state index in [9.17, 15) is 4.79 Å². The lowest BCUT2D eigenvalue weighted by Gasteiger charge is -1.91. The number of pyridine rings is 1. The number of hydrogen-bond acceptors (Lipinski definition) is 2. The second-order valence-electron chi connectivity index (χ2n) is 3.93. The first kappa shape index (κ1) is 12.8. The Labute approximate surface area is 111 Å². The van der Waals surface area contributed by atoms with Crippen molar-refractivity contribution in [3.63, 3.8) is 0 Å². The van der Waals surface area contributed by atoms with Crippen LogP contribution in [0.4, 0.5) is 0 Å². The molecule has 3 rings (SSSR count). The zero-order chi connectivity index (χ0) is 13.5. The Morgan fingerprint density at radius 2 is 1.47 bits per heavy atom. The quantitative estimate of drug-likeness (QED) is 0.721. The average Bonchev–Trinajstić information content (AvgIpc) is 2.49. The van der Waals surface area contributed by atoms with E-state index >= 15 is 0 Å². The molecule has 0 aliphatic carbocycles. The minimum atomic E-state index is -0.379. The van der Waals surface area contributed by atoms with Crippen LogP contribution in [0.1, 0.15) is 10.4 Å². The Hall–Kier alpha value is -2.68. The van der Waals surface area contributed by atoms with Gasteiger partial charge in [0, 0.05) is 17.1 Å². The highest BCUT2D eigenvalue weighted by atomic mass is 16.1. The van der Waals surface area contributed by atoms with Crippen LogP contribution in [0.15, 0.2) is 72.9 Å². The van der Waals surface area contributed by atoms with Gasteiger partial charge in [-0.2, -0.15) is 0 Å². The highest BCUT2D eigenvalue weighted by Crippen LogP contribution is 2.07. The molecule has 0 bridgehead atoms. The number of nitrogens with zero attached hydrogens (tertiary/aromatic N) is 1. The van der Waals surface area contributed by atoms with Crippen molar-refractivity contribution >= 4 is 16.8 Å². The monoisotopic (exact) mass is 250 g/mol. The van der Waals surface area contributed by atoms with Gasteiger partial charge >= 0.3 is 0 Å². The van der Waals surface area contributed by atoms with Crippen molar-refractivity contribution < 1.29 is 4.79 Å². The fourth-order valence-corrected chi connectivity index (χ4v) is 1.62. The summed E-state index contributed by atoms with van der Waals surface area (Å²) in [6, 6.07) is 20.8. The number of para-hydroxylation sites is 1. The standard InChI is InChI=1S/C9H7N.C7H7NO/c1-2-6-9-8(4-1)5-3-7-10-9;8-7(9)6-4-2-1-3-5-6/h1-7H;1-5H,(H2,8,9). The summed E-state index contributed by atoms with van der Waals surface area (Å²) in [6.07, 6.45) is 1.81. The van der Waals surface area contributed by atoms with Crippen LogP contribution < -0.4 is 5.73 Å². The number of nitrogens with two attached hydrogens (primary N) is 1. The third kappa shape index (κ3) is 3.64. The molecular formula is C16H14N2O. The predicted octanol–water partition coefficient (Wildman–Crippen LogP) is 3.02. The van der Waals surface area contributed by atoms with Crippen molar-refractivity contribution in [3.05, 3.63) is 78.5 Å². The first-order valence-electron chi connectivity index (χ1n) is 5.92. The molecule has 94 valence electrons. The van der Waals surface area contributed by atoms with Crippen molar-refractivity contribution in [3.8, 4) is 0 Å². The summed E-state index contributed by atoms with van der Waals surface area (Å²) in [5.74, 6) is -0.379. The second-order valence-corrected chi connectivity index (χ2v) is 3.93. The van der Waals surface area contributed by atoms with E-state index in [0.29, 0.717) is 5.56 Å². The molecule has 0 aliphatic heterocycles. The van der Waals surface area contributed by atoms with Gasteiger partial charge in [-0.1, -0.05) is 42.5 Å². The number of rotatable bonds is 1. The smallest absolute Gasteiger partial charge is 0.248 e. The molecule has 3 nitrogen and oxygen atoms in total. The van der Waals surface area contributed by atoms with E-state index < -0.39 is 0 Å². The molecule has 0 radical (unpaired) electrons. The SMILES string of the molecule is NC(=O)c1ccccc1.c1ccc2ncccc2c1. The first-order valence-corrected chi connectivity index (χ1v) is 5.92. The number of amides is 1. The van der Waals surface area contributed by atoms with Crippen LogP contribution in [0.5, 0.6) is 0 Å². The molecule has 1 heterocycles. The van der Waals surface area contributed by atoms with Crippen molar-refractivity contribution in [2.24, 2.45) is 5.73 Å². The van der Waals surface area contributed by atoms with Gasteiger partial charge in [0.1, 0.15) is 0 Å². The molecule has 0 saturated heterocycles. The third-order valence-electron chi connectivity index (χ3n) is 2.57. The Morgan fingerprint density at radius 1 is 0.842 bits per heavy atom. The topological polar surface area (TPSA) is 56.0 Å². The summed E-state index contributed by atoms with van der Waals surface area (Å²) in [5, 5.41) is 1.20. The fourth-order valence-electron chi connectivity index (χ4n) is 1.62. The van der Waals surface area contributed by atoms with Crippen molar-refractivity contribution in [2.75, 3.05) is 0 Å². The Balaban J connectivity index is 0.000000141. The second kappa shape index (κ2) is 6.31. The largest absolute Gasteiger partial charge is 0.366 e. The van der Waals surface area contributed by atoms with Gasteiger partial charge in [0.25, 0.3) is 0 Å². The van der Waals surface area contributed by atoms with Gasteiger partial charge in [-0.3, -0.25) is 9.78 Å². The molecule has 19 heavy (non-hydrogen) atoms. The minimum absolute atomic E-state index is 0.379. The summed E-state index contributed by atoms with van der Waals surface area (Å²) in [5.41, 5.74) is 6.59. The number of hydrogen-bond donors (Lipinski definition) is 1. The molecule has 1 aromatic heterocycles. The Bertz CT molecular complexity index is 600. The van der Waals surface area contributed by atoms with E-state index in [1.54, 1.807) is 24.3 Å². The molecule has 3 heteroatoms.